The summed E-state index contributed by atoms with van der Waals surface area (Å²) in [5.74, 6) is -0.0950. The van der Waals surface area contributed by atoms with Gasteiger partial charge in [-0.2, -0.15) is 5.10 Å². The molecule has 30 heavy (non-hydrogen) atoms. The van der Waals surface area contributed by atoms with Crippen LogP contribution in [-0.4, -0.2) is 41.1 Å². The number of hydrogen-bond acceptors (Lipinski definition) is 6. The fourth-order valence-corrected chi connectivity index (χ4v) is 5.14. The molecule has 0 bridgehead atoms. The van der Waals surface area contributed by atoms with E-state index in [4.69, 9.17) is 0 Å². The van der Waals surface area contributed by atoms with Gasteiger partial charge in [-0.1, -0.05) is 18.2 Å². The Morgan fingerprint density at radius 2 is 2.00 bits per heavy atom. The Balaban J connectivity index is 1.81. The molecule has 0 atom stereocenters. The standard InChI is InChI=1S/C21H20N4O3S2/c1-3-24(30(27,28)4-2)16-8-5-7-15(13-16)18-10-11-22-21-17(14-23-25(18)21)20(26)19-9-6-12-29-19/h5-14H,3-4H2,1-2H3. The lowest BCUT2D eigenvalue weighted by atomic mass is 10.1. The van der Waals surface area contributed by atoms with Crippen molar-refractivity contribution in [3.8, 4) is 11.3 Å². The van der Waals surface area contributed by atoms with Crippen LogP contribution >= 0.6 is 11.3 Å². The van der Waals surface area contributed by atoms with E-state index in [1.165, 1.54) is 21.8 Å². The third-order valence-electron chi connectivity index (χ3n) is 4.81. The molecule has 0 saturated heterocycles. The van der Waals surface area contributed by atoms with Gasteiger partial charge in [0.25, 0.3) is 0 Å². The number of carbonyl (C=O) groups excluding carboxylic acids is 1. The summed E-state index contributed by atoms with van der Waals surface area (Å²) in [6.07, 6.45) is 3.15. The normalized spacial score (nSPS) is 11.7. The van der Waals surface area contributed by atoms with Crippen molar-refractivity contribution < 1.29 is 13.2 Å². The van der Waals surface area contributed by atoms with Crippen molar-refractivity contribution in [3.63, 3.8) is 0 Å². The maximum absolute atomic E-state index is 12.8. The van der Waals surface area contributed by atoms with Crippen LogP contribution in [0, 0.1) is 0 Å². The Bertz CT molecular complexity index is 1310. The Labute approximate surface area is 178 Å². The van der Waals surface area contributed by atoms with Crippen molar-refractivity contribution in [1.29, 1.82) is 0 Å². The van der Waals surface area contributed by atoms with Crippen LogP contribution in [0.5, 0.6) is 0 Å². The molecule has 0 unspecified atom stereocenters. The van der Waals surface area contributed by atoms with Crippen LogP contribution in [0.2, 0.25) is 0 Å². The summed E-state index contributed by atoms with van der Waals surface area (Å²) in [5, 5.41) is 6.25. The maximum Gasteiger partial charge on any atom is 0.234 e. The van der Waals surface area contributed by atoms with Gasteiger partial charge in [0.05, 0.1) is 33.8 Å². The van der Waals surface area contributed by atoms with Gasteiger partial charge in [-0.05, 0) is 43.5 Å². The summed E-state index contributed by atoms with van der Waals surface area (Å²) in [6.45, 7) is 3.78. The molecular formula is C21H20N4O3S2. The van der Waals surface area contributed by atoms with Crippen molar-refractivity contribution in [2.24, 2.45) is 0 Å². The van der Waals surface area contributed by atoms with Crippen LogP contribution < -0.4 is 4.31 Å². The topological polar surface area (TPSA) is 84.6 Å². The molecule has 0 aliphatic heterocycles. The Morgan fingerprint density at radius 1 is 1.17 bits per heavy atom. The smallest absolute Gasteiger partial charge is 0.234 e. The third-order valence-corrected chi connectivity index (χ3v) is 7.55. The van der Waals surface area contributed by atoms with Gasteiger partial charge in [0.15, 0.2) is 5.65 Å². The molecule has 7 nitrogen and oxygen atoms in total. The van der Waals surface area contributed by atoms with Crippen molar-refractivity contribution in [2.45, 2.75) is 13.8 Å². The number of carbonyl (C=O) groups is 1. The van der Waals surface area contributed by atoms with Crippen molar-refractivity contribution in [1.82, 2.24) is 14.6 Å². The molecule has 3 aromatic heterocycles. The van der Waals surface area contributed by atoms with E-state index >= 15 is 0 Å². The van der Waals surface area contributed by atoms with E-state index in [1.807, 2.05) is 29.6 Å². The Morgan fingerprint density at radius 3 is 2.70 bits per heavy atom. The molecule has 0 aliphatic carbocycles. The van der Waals surface area contributed by atoms with Crippen molar-refractivity contribution in [3.05, 3.63) is 70.7 Å². The zero-order chi connectivity index (χ0) is 21.3. The van der Waals surface area contributed by atoms with E-state index < -0.39 is 10.0 Å². The number of nitrogens with zero attached hydrogens (tertiary/aromatic N) is 4. The Hall–Kier alpha value is -3.04. The molecule has 9 heteroatoms. The fourth-order valence-electron chi connectivity index (χ4n) is 3.33. The summed E-state index contributed by atoms with van der Waals surface area (Å²) >= 11 is 1.37. The molecule has 0 spiro atoms. The number of ketones is 1. The van der Waals surface area contributed by atoms with Gasteiger partial charge in [0.2, 0.25) is 15.8 Å². The van der Waals surface area contributed by atoms with E-state index in [-0.39, 0.29) is 11.5 Å². The zero-order valence-corrected chi connectivity index (χ0v) is 18.2. The maximum atomic E-state index is 12.8. The second-order valence-electron chi connectivity index (χ2n) is 6.55. The molecule has 0 saturated carbocycles. The van der Waals surface area contributed by atoms with E-state index in [2.05, 4.69) is 10.1 Å². The average Bonchev–Trinajstić information content (AvgIpc) is 3.44. The van der Waals surface area contributed by atoms with E-state index in [1.54, 1.807) is 42.8 Å². The number of rotatable bonds is 7. The summed E-state index contributed by atoms with van der Waals surface area (Å²) < 4.78 is 27.9. The molecule has 4 aromatic rings. The molecule has 0 fully saturated rings. The zero-order valence-electron chi connectivity index (χ0n) is 16.5. The van der Waals surface area contributed by atoms with Crippen LogP contribution in [-0.2, 0) is 10.0 Å². The molecule has 1 aromatic carbocycles. The van der Waals surface area contributed by atoms with E-state index in [9.17, 15) is 13.2 Å². The number of sulfonamides is 1. The molecule has 4 rings (SSSR count). The Kier molecular flexibility index (Phi) is 5.40. The minimum absolute atomic E-state index is 0.0257. The first kappa shape index (κ1) is 20.2. The first-order valence-corrected chi connectivity index (χ1v) is 12.0. The van der Waals surface area contributed by atoms with Gasteiger partial charge in [-0.25, -0.2) is 17.9 Å². The first-order valence-electron chi connectivity index (χ1n) is 9.48. The molecule has 0 N–H and O–H groups in total. The number of thiophene rings is 1. The number of fused-ring (bicyclic) bond motifs is 1. The van der Waals surface area contributed by atoms with Crippen LogP contribution in [0.3, 0.4) is 0 Å². The molecule has 0 aliphatic rings. The van der Waals surface area contributed by atoms with E-state index in [0.29, 0.717) is 28.3 Å². The average molecular weight is 441 g/mol. The highest BCUT2D eigenvalue weighted by atomic mass is 32.2. The SMILES string of the molecule is CCN(c1cccc(-c2ccnc3c(C(=O)c4cccs4)cnn23)c1)S(=O)(=O)CC. The molecular weight excluding hydrogens is 420 g/mol. The lowest BCUT2D eigenvalue weighted by Gasteiger charge is -2.22. The van der Waals surface area contributed by atoms with Crippen LogP contribution in [0.4, 0.5) is 5.69 Å². The monoisotopic (exact) mass is 440 g/mol. The number of anilines is 1. The lowest BCUT2D eigenvalue weighted by molar-refractivity contribution is 0.104. The second-order valence-corrected chi connectivity index (χ2v) is 9.68. The summed E-state index contributed by atoms with van der Waals surface area (Å²) in [6, 6.07) is 12.7. The van der Waals surface area contributed by atoms with Gasteiger partial charge < -0.3 is 0 Å². The van der Waals surface area contributed by atoms with Crippen molar-refractivity contribution >= 4 is 38.5 Å². The van der Waals surface area contributed by atoms with Crippen LogP contribution in [0.25, 0.3) is 16.9 Å². The quantitative estimate of drug-likeness (QED) is 0.407. The summed E-state index contributed by atoms with van der Waals surface area (Å²) in [5.41, 5.74) is 2.98. The largest absolute Gasteiger partial charge is 0.287 e. The molecule has 154 valence electrons. The molecule has 0 radical (unpaired) electrons. The molecule has 0 amide bonds. The second kappa shape index (κ2) is 8.00. The highest BCUT2D eigenvalue weighted by Crippen LogP contribution is 2.28. The number of aromatic nitrogens is 3. The highest BCUT2D eigenvalue weighted by Gasteiger charge is 2.21. The van der Waals surface area contributed by atoms with E-state index in [0.717, 1.165) is 11.3 Å². The lowest BCUT2D eigenvalue weighted by Crippen LogP contribution is -2.32. The van der Waals surface area contributed by atoms with Gasteiger partial charge >= 0.3 is 0 Å². The highest BCUT2D eigenvalue weighted by molar-refractivity contribution is 7.92. The van der Waals surface area contributed by atoms with Gasteiger partial charge in [0.1, 0.15) is 0 Å². The van der Waals surface area contributed by atoms with Gasteiger partial charge in [-0.15, -0.1) is 11.3 Å². The summed E-state index contributed by atoms with van der Waals surface area (Å²) in [7, 11) is -3.38. The first-order chi connectivity index (χ1) is 14.5. The third kappa shape index (κ3) is 3.50. The summed E-state index contributed by atoms with van der Waals surface area (Å²) in [4.78, 5) is 17.8. The number of hydrogen-bond donors (Lipinski definition) is 0. The van der Waals surface area contributed by atoms with Gasteiger partial charge in [0, 0.05) is 18.3 Å². The minimum atomic E-state index is -3.38. The predicted molar refractivity (Wildman–Crippen MR) is 119 cm³/mol. The van der Waals surface area contributed by atoms with Crippen molar-refractivity contribution in [2.75, 3.05) is 16.6 Å². The van der Waals surface area contributed by atoms with Gasteiger partial charge in [-0.3, -0.25) is 9.10 Å². The number of benzene rings is 1. The fraction of sp³-hybridized carbons (Fsp3) is 0.190. The minimum Gasteiger partial charge on any atom is -0.287 e. The van der Waals surface area contributed by atoms with Crippen LogP contribution in [0.15, 0.2) is 60.2 Å². The molecule has 3 heterocycles. The van der Waals surface area contributed by atoms with Crippen LogP contribution in [0.1, 0.15) is 29.1 Å². The predicted octanol–water partition coefficient (Wildman–Crippen LogP) is 3.86.